The highest BCUT2D eigenvalue weighted by atomic mass is 14.8. The lowest BCUT2D eigenvalue weighted by atomic mass is 10.0. The summed E-state index contributed by atoms with van der Waals surface area (Å²) in [6, 6.07) is 8.28. The normalized spacial score (nSPS) is 10.3. The Labute approximate surface area is 90.0 Å². The molecule has 2 rings (SSSR count). The Hall–Kier alpha value is -1.70. The van der Waals surface area contributed by atoms with Crippen molar-refractivity contribution in [1.29, 1.82) is 0 Å². The molecular formula is C13H14N2. The Kier molecular flexibility index (Phi) is 2.77. The summed E-state index contributed by atoms with van der Waals surface area (Å²) in [7, 11) is 0. The van der Waals surface area contributed by atoms with Crippen molar-refractivity contribution in [3.05, 3.63) is 47.9 Å². The summed E-state index contributed by atoms with van der Waals surface area (Å²) in [6.07, 6.45) is 4.42. The third kappa shape index (κ3) is 1.89. The second kappa shape index (κ2) is 4.22. The van der Waals surface area contributed by atoms with Gasteiger partial charge in [-0.15, -0.1) is 0 Å². The van der Waals surface area contributed by atoms with E-state index in [1.807, 2.05) is 12.1 Å². The monoisotopic (exact) mass is 198 g/mol. The van der Waals surface area contributed by atoms with Gasteiger partial charge in [0.05, 0.1) is 11.4 Å². The third-order valence-corrected chi connectivity index (χ3v) is 2.51. The SMILES string of the molecule is CCc1nccnc1-c1ccccc1C. The molecule has 0 aliphatic rings. The molecule has 0 radical (unpaired) electrons. The fraction of sp³-hybridized carbons (Fsp3) is 0.231. The van der Waals surface area contributed by atoms with E-state index in [1.54, 1.807) is 12.4 Å². The largest absolute Gasteiger partial charge is 0.257 e. The molecule has 0 spiro atoms. The van der Waals surface area contributed by atoms with Gasteiger partial charge in [-0.1, -0.05) is 31.2 Å². The molecule has 0 aliphatic carbocycles. The standard InChI is InChI=1S/C13H14N2/c1-3-12-13(15-9-8-14-12)11-7-5-4-6-10(11)2/h4-9H,3H2,1-2H3. The van der Waals surface area contributed by atoms with Gasteiger partial charge in [0, 0.05) is 18.0 Å². The number of hydrogen-bond acceptors (Lipinski definition) is 2. The Bertz CT molecular complexity index is 464. The Morgan fingerprint density at radius 2 is 1.80 bits per heavy atom. The lowest BCUT2D eigenvalue weighted by Gasteiger charge is -2.07. The number of rotatable bonds is 2. The predicted octanol–water partition coefficient (Wildman–Crippen LogP) is 3.01. The van der Waals surface area contributed by atoms with Crippen molar-refractivity contribution in [2.24, 2.45) is 0 Å². The zero-order chi connectivity index (χ0) is 10.7. The minimum Gasteiger partial charge on any atom is -0.257 e. The number of hydrogen-bond donors (Lipinski definition) is 0. The topological polar surface area (TPSA) is 25.8 Å². The van der Waals surface area contributed by atoms with Gasteiger partial charge in [-0.2, -0.15) is 0 Å². The Morgan fingerprint density at radius 3 is 2.53 bits per heavy atom. The smallest absolute Gasteiger partial charge is 0.0919 e. The van der Waals surface area contributed by atoms with E-state index in [4.69, 9.17) is 0 Å². The molecule has 0 N–H and O–H groups in total. The summed E-state index contributed by atoms with van der Waals surface area (Å²) < 4.78 is 0. The fourth-order valence-corrected chi connectivity index (χ4v) is 1.69. The van der Waals surface area contributed by atoms with E-state index < -0.39 is 0 Å². The van der Waals surface area contributed by atoms with Gasteiger partial charge < -0.3 is 0 Å². The van der Waals surface area contributed by atoms with Gasteiger partial charge >= 0.3 is 0 Å². The molecule has 0 saturated heterocycles. The first-order valence-electron chi connectivity index (χ1n) is 5.18. The quantitative estimate of drug-likeness (QED) is 0.741. The minimum absolute atomic E-state index is 0.914. The fourth-order valence-electron chi connectivity index (χ4n) is 1.69. The first-order valence-corrected chi connectivity index (χ1v) is 5.18. The number of benzene rings is 1. The Morgan fingerprint density at radius 1 is 1.07 bits per heavy atom. The van der Waals surface area contributed by atoms with Crippen LogP contribution in [0.25, 0.3) is 11.3 Å². The summed E-state index contributed by atoms with van der Waals surface area (Å²) in [5, 5.41) is 0. The molecular weight excluding hydrogens is 184 g/mol. The van der Waals surface area contributed by atoms with Crippen LogP contribution in [0.1, 0.15) is 18.2 Å². The maximum Gasteiger partial charge on any atom is 0.0919 e. The van der Waals surface area contributed by atoms with Crippen LogP contribution in [0, 0.1) is 6.92 Å². The summed E-state index contributed by atoms with van der Waals surface area (Å²) in [5.74, 6) is 0. The second-order valence-electron chi connectivity index (χ2n) is 3.52. The summed E-state index contributed by atoms with van der Waals surface area (Å²) in [4.78, 5) is 8.77. The number of nitrogens with zero attached hydrogens (tertiary/aromatic N) is 2. The Balaban J connectivity index is 2.59. The van der Waals surface area contributed by atoms with E-state index in [1.165, 1.54) is 11.1 Å². The molecule has 0 fully saturated rings. The van der Waals surface area contributed by atoms with E-state index in [0.29, 0.717) is 0 Å². The zero-order valence-corrected chi connectivity index (χ0v) is 9.07. The number of aryl methyl sites for hydroxylation is 2. The molecule has 0 bridgehead atoms. The van der Waals surface area contributed by atoms with Crippen molar-refractivity contribution in [2.45, 2.75) is 20.3 Å². The van der Waals surface area contributed by atoms with Crippen LogP contribution in [0.5, 0.6) is 0 Å². The van der Waals surface area contributed by atoms with Crippen molar-refractivity contribution in [3.63, 3.8) is 0 Å². The van der Waals surface area contributed by atoms with Crippen LogP contribution in [0.2, 0.25) is 0 Å². The van der Waals surface area contributed by atoms with E-state index in [9.17, 15) is 0 Å². The molecule has 15 heavy (non-hydrogen) atoms. The van der Waals surface area contributed by atoms with Crippen molar-refractivity contribution in [2.75, 3.05) is 0 Å². The van der Waals surface area contributed by atoms with Crippen molar-refractivity contribution < 1.29 is 0 Å². The molecule has 1 aromatic carbocycles. The molecule has 0 atom stereocenters. The first-order chi connectivity index (χ1) is 7.33. The maximum atomic E-state index is 4.42. The zero-order valence-electron chi connectivity index (χ0n) is 9.07. The highest BCUT2D eigenvalue weighted by molar-refractivity contribution is 5.65. The van der Waals surface area contributed by atoms with Crippen LogP contribution in [0.15, 0.2) is 36.7 Å². The van der Waals surface area contributed by atoms with Crippen LogP contribution >= 0.6 is 0 Å². The van der Waals surface area contributed by atoms with Gasteiger partial charge in [0.25, 0.3) is 0 Å². The van der Waals surface area contributed by atoms with Gasteiger partial charge in [-0.05, 0) is 18.9 Å². The molecule has 1 aromatic heterocycles. The molecule has 2 aromatic rings. The van der Waals surface area contributed by atoms with E-state index >= 15 is 0 Å². The van der Waals surface area contributed by atoms with Crippen LogP contribution in [0.4, 0.5) is 0 Å². The molecule has 1 heterocycles. The molecule has 0 saturated carbocycles. The maximum absolute atomic E-state index is 4.42. The minimum atomic E-state index is 0.914. The van der Waals surface area contributed by atoms with Crippen LogP contribution in [-0.4, -0.2) is 9.97 Å². The van der Waals surface area contributed by atoms with Gasteiger partial charge in [-0.3, -0.25) is 9.97 Å². The molecule has 0 aliphatic heterocycles. The lowest BCUT2D eigenvalue weighted by molar-refractivity contribution is 1.00. The van der Waals surface area contributed by atoms with Crippen molar-refractivity contribution in [1.82, 2.24) is 9.97 Å². The average molecular weight is 198 g/mol. The second-order valence-corrected chi connectivity index (χ2v) is 3.52. The molecule has 0 amide bonds. The van der Waals surface area contributed by atoms with Gasteiger partial charge in [-0.25, -0.2) is 0 Å². The van der Waals surface area contributed by atoms with Crippen LogP contribution in [0.3, 0.4) is 0 Å². The lowest BCUT2D eigenvalue weighted by Crippen LogP contribution is -1.96. The van der Waals surface area contributed by atoms with E-state index in [-0.39, 0.29) is 0 Å². The van der Waals surface area contributed by atoms with Crippen LogP contribution < -0.4 is 0 Å². The van der Waals surface area contributed by atoms with E-state index in [0.717, 1.165) is 17.8 Å². The summed E-state index contributed by atoms with van der Waals surface area (Å²) >= 11 is 0. The molecule has 2 nitrogen and oxygen atoms in total. The van der Waals surface area contributed by atoms with E-state index in [2.05, 4.69) is 35.9 Å². The van der Waals surface area contributed by atoms with Crippen molar-refractivity contribution in [3.8, 4) is 11.3 Å². The van der Waals surface area contributed by atoms with Crippen LogP contribution in [-0.2, 0) is 6.42 Å². The summed E-state index contributed by atoms with van der Waals surface area (Å²) in [5.41, 5.74) is 4.50. The summed E-state index contributed by atoms with van der Waals surface area (Å²) in [6.45, 7) is 4.20. The highest BCUT2D eigenvalue weighted by Gasteiger charge is 2.07. The predicted molar refractivity (Wildman–Crippen MR) is 61.6 cm³/mol. The molecule has 76 valence electrons. The average Bonchev–Trinajstić information content (AvgIpc) is 2.30. The first kappa shape index (κ1) is 9.84. The van der Waals surface area contributed by atoms with Crippen molar-refractivity contribution >= 4 is 0 Å². The number of aromatic nitrogens is 2. The van der Waals surface area contributed by atoms with Gasteiger partial charge in [0.15, 0.2) is 0 Å². The highest BCUT2D eigenvalue weighted by Crippen LogP contribution is 2.23. The van der Waals surface area contributed by atoms with Gasteiger partial charge in [0.2, 0.25) is 0 Å². The molecule has 0 unspecified atom stereocenters. The third-order valence-electron chi connectivity index (χ3n) is 2.51. The van der Waals surface area contributed by atoms with Gasteiger partial charge in [0.1, 0.15) is 0 Å². The molecule has 2 heteroatoms.